The predicted octanol–water partition coefficient (Wildman–Crippen LogP) is 0.503. The summed E-state index contributed by atoms with van der Waals surface area (Å²) in [5, 5.41) is 9.57. The van der Waals surface area contributed by atoms with Crippen molar-refractivity contribution in [2.24, 2.45) is 11.8 Å². The van der Waals surface area contributed by atoms with Gasteiger partial charge in [0.2, 0.25) is 5.91 Å². The van der Waals surface area contributed by atoms with E-state index in [4.69, 9.17) is 5.84 Å². The first-order valence-electron chi connectivity index (χ1n) is 4.74. The van der Waals surface area contributed by atoms with E-state index in [9.17, 15) is 9.90 Å². The summed E-state index contributed by atoms with van der Waals surface area (Å²) in [6.45, 7) is 7.48. The van der Waals surface area contributed by atoms with E-state index >= 15 is 0 Å². The summed E-state index contributed by atoms with van der Waals surface area (Å²) >= 11 is 1.59. The van der Waals surface area contributed by atoms with Crippen molar-refractivity contribution in [3.63, 3.8) is 0 Å². The lowest BCUT2D eigenvalue weighted by atomic mass is 10.1. The molecule has 0 aliphatic heterocycles. The highest BCUT2D eigenvalue weighted by Gasteiger charge is 2.23. The molecule has 0 radical (unpaired) electrons. The Balaban J connectivity index is 4.07. The van der Waals surface area contributed by atoms with Gasteiger partial charge in [0.05, 0.1) is 6.10 Å². The van der Waals surface area contributed by atoms with Crippen molar-refractivity contribution in [1.82, 2.24) is 5.43 Å². The number of rotatable bonds is 5. The third kappa shape index (κ3) is 4.30. The third-order valence-electron chi connectivity index (χ3n) is 2.37. The van der Waals surface area contributed by atoms with Gasteiger partial charge in [-0.2, -0.15) is 11.8 Å². The summed E-state index contributed by atoms with van der Waals surface area (Å²) in [4.78, 5) is 11.2. The molecule has 5 heteroatoms. The molecule has 0 aromatic rings. The Kier molecular flexibility index (Phi) is 6.15. The topological polar surface area (TPSA) is 75.3 Å². The van der Waals surface area contributed by atoms with Crippen LogP contribution in [-0.4, -0.2) is 27.6 Å². The van der Waals surface area contributed by atoms with Crippen molar-refractivity contribution < 1.29 is 9.90 Å². The molecule has 84 valence electrons. The van der Waals surface area contributed by atoms with Crippen LogP contribution in [0.5, 0.6) is 0 Å². The summed E-state index contributed by atoms with van der Waals surface area (Å²) in [7, 11) is 0. The van der Waals surface area contributed by atoms with Crippen LogP contribution in [0.3, 0.4) is 0 Å². The fraction of sp³-hybridized carbons (Fsp3) is 0.889. The normalized spacial score (nSPS) is 19.6. The Bertz CT molecular complexity index is 188. The van der Waals surface area contributed by atoms with Crippen LogP contribution in [0, 0.1) is 5.92 Å². The van der Waals surface area contributed by atoms with Gasteiger partial charge in [-0.1, -0.05) is 20.8 Å². The van der Waals surface area contributed by atoms with Crippen LogP contribution in [0.4, 0.5) is 0 Å². The minimum atomic E-state index is -0.365. The molecule has 0 rings (SSSR count). The molecule has 0 spiro atoms. The summed E-state index contributed by atoms with van der Waals surface area (Å²) < 4.78 is 0. The zero-order chi connectivity index (χ0) is 11.3. The number of aliphatic hydroxyl groups excluding tert-OH is 1. The Hall–Kier alpha value is -0.260. The molecular formula is C9H20N2O2S. The van der Waals surface area contributed by atoms with Crippen LogP contribution in [0.2, 0.25) is 0 Å². The van der Waals surface area contributed by atoms with Crippen molar-refractivity contribution in [3.05, 3.63) is 0 Å². The molecule has 14 heavy (non-hydrogen) atoms. The number of hydrogen-bond donors (Lipinski definition) is 3. The van der Waals surface area contributed by atoms with Crippen LogP contribution < -0.4 is 11.3 Å². The lowest BCUT2D eigenvalue weighted by molar-refractivity contribution is -0.124. The van der Waals surface area contributed by atoms with Crippen molar-refractivity contribution >= 4 is 17.7 Å². The number of nitrogens with one attached hydrogen (secondary N) is 1. The second-order valence-corrected chi connectivity index (χ2v) is 5.34. The highest BCUT2D eigenvalue weighted by Crippen LogP contribution is 2.25. The molecule has 0 aromatic carbocycles. The Morgan fingerprint density at radius 2 is 1.79 bits per heavy atom. The van der Waals surface area contributed by atoms with Crippen molar-refractivity contribution in [1.29, 1.82) is 0 Å². The van der Waals surface area contributed by atoms with E-state index in [2.05, 4.69) is 5.43 Å². The Morgan fingerprint density at radius 1 is 1.29 bits per heavy atom. The van der Waals surface area contributed by atoms with Crippen molar-refractivity contribution in [2.75, 3.05) is 0 Å². The number of aliphatic hydroxyl groups is 1. The molecule has 4 atom stereocenters. The van der Waals surface area contributed by atoms with Gasteiger partial charge in [-0.05, 0) is 6.92 Å². The van der Waals surface area contributed by atoms with Gasteiger partial charge in [0.25, 0.3) is 0 Å². The lowest BCUT2D eigenvalue weighted by Gasteiger charge is -2.23. The van der Waals surface area contributed by atoms with Gasteiger partial charge < -0.3 is 5.11 Å². The monoisotopic (exact) mass is 220 g/mol. The number of carbonyl (C=O) groups excluding carboxylic acids is 1. The first kappa shape index (κ1) is 13.7. The van der Waals surface area contributed by atoms with Gasteiger partial charge in [0, 0.05) is 16.4 Å². The quantitative estimate of drug-likeness (QED) is 0.358. The fourth-order valence-electron chi connectivity index (χ4n) is 0.915. The molecule has 0 fully saturated rings. The van der Waals surface area contributed by atoms with Crippen LogP contribution >= 0.6 is 11.8 Å². The molecule has 0 saturated carbocycles. The number of amides is 1. The van der Waals surface area contributed by atoms with E-state index in [1.165, 1.54) is 0 Å². The summed E-state index contributed by atoms with van der Waals surface area (Å²) in [6.07, 6.45) is -0.365. The molecule has 4 unspecified atom stereocenters. The first-order valence-corrected chi connectivity index (χ1v) is 5.68. The van der Waals surface area contributed by atoms with Gasteiger partial charge in [0.1, 0.15) is 0 Å². The van der Waals surface area contributed by atoms with Gasteiger partial charge >= 0.3 is 0 Å². The maximum Gasteiger partial charge on any atom is 0.237 e. The van der Waals surface area contributed by atoms with Crippen molar-refractivity contribution in [2.45, 2.75) is 44.3 Å². The van der Waals surface area contributed by atoms with E-state index in [0.717, 1.165) is 0 Å². The first-order chi connectivity index (χ1) is 6.40. The second-order valence-electron chi connectivity index (χ2n) is 3.58. The number of hydrogen-bond acceptors (Lipinski definition) is 4. The zero-order valence-electron chi connectivity index (χ0n) is 9.15. The second kappa shape index (κ2) is 6.27. The van der Waals surface area contributed by atoms with E-state index < -0.39 is 0 Å². The molecule has 0 heterocycles. The van der Waals surface area contributed by atoms with Gasteiger partial charge in [-0.15, -0.1) is 0 Å². The number of hydrazine groups is 1. The number of carbonyl (C=O) groups is 1. The third-order valence-corrected chi connectivity index (χ3v) is 4.03. The number of nitrogens with two attached hydrogens (primary N) is 1. The molecule has 0 saturated heterocycles. The van der Waals surface area contributed by atoms with Crippen LogP contribution in [0.15, 0.2) is 0 Å². The minimum Gasteiger partial charge on any atom is -0.392 e. The molecule has 1 amide bonds. The summed E-state index contributed by atoms with van der Waals surface area (Å²) in [6, 6.07) is 0. The fourth-order valence-corrected chi connectivity index (χ4v) is 2.18. The van der Waals surface area contributed by atoms with Gasteiger partial charge in [-0.25, -0.2) is 5.84 Å². The minimum absolute atomic E-state index is 0.123. The molecule has 4 nitrogen and oxygen atoms in total. The highest BCUT2D eigenvalue weighted by molar-refractivity contribution is 8.00. The molecule has 4 N–H and O–H groups in total. The van der Waals surface area contributed by atoms with E-state index in [-0.39, 0.29) is 28.4 Å². The number of thioether (sulfide) groups is 1. The van der Waals surface area contributed by atoms with Crippen LogP contribution in [-0.2, 0) is 4.79 Å². The summed E-state index contributed by atoms with van der Waals surface area (Å²) in [5.74, 6) is 4.73. The summed E-state index contributed by atoms with van der Waals surface area (Å²) in [5.41, 5.74) is 2.13. The van der Waals surface area contributed by atoms with E-state index in [0.29, 0.717) is 0 Å². The van der Waals surface area contributed by atoms with Crippen molar-refractivity contribution in [3.8, 4) is 0 Å². The van der Waals surface area contributed by atoms with E-state index in [1.807, 2.05) is 20.8 Å². The van der Waals surface area contributed by atoms with Crippen LogP contribution in [0.1, 0.15) is 27.7 Å². The Labute approximate surface area is 89.6 Å². The van der Waals surface area contributed by atoms with Crippen LogP contribution in [0.25, 0.3) is 0 Å². The molecule has 0 bridgehead atoms. The zero-order valence-corrected chi connectivity index (χ0v) is 9.97. The van der Waals surface area contributed by atoms with Gasteiger partial charge in [0.15, 0.2) is 0 Å². The molecule has 0 aromatic heterocycles. The predicted molar refractivity (Wildman–Crippen MR) is 59.7 cm³/mol. The SMILES string of the molecule is CC(O)C(C)SC(C)C(C)C(=O)NN. The maximum atomic E-state index is 11.2. The van der Waals surface area contributed by atoms with Gasteiger partial charge in [-0.3, -0.25) is 10.2 Å². The Morgan fingerprint density at radius 3 is 2.14 bits per heavy atom. The molecule has 0 aliphatic rings. The van der Waals surface area contributed by atoms with E-state index in [1.54, 1.807) is 18.7 Å². The standard InChI is InChI=1S/C9H20N2O2S/c1-5(9(13)11-10)7(3)14-8(4)6(2)12/h5-8,12H,10H2,1-4H3,(H,11,13). The largest absolute Gasteiger partial charge is 0.392 e. The molecular weight excluding hydrogens is 200 g/mol. The maximum absolute atomic E-state index is 11.2. The average Bonchev–Trinajstić information content (AvgIpc) is 2.14. The highest BCUT2D eigenvalue weighted by atomic mass is 32.2. The molecule has 0 aliphatic carbocycles. The average molecular weight is 220 g/mol. The smallest absolute Gasteiger partial charge is 0.237 e. The lowest BCUT2D eigenvalue weighted by Crippen LogP contribution is -2.38.